The lowest BCUT2D eigenvalue weighted by molar-refractivity contribution is 0.174. The van der Waals surface area contributed by atoms with E-state index < -0.39 is 9.73 Å². The number of hydrogen-bond donors (Lipinski definition) is 3. The molecule has 4 aromatic rings. The van der Waals surface area contributed by atoms with Crippen LogP contribution in [0.25, 0.3) is 11.1 Å². The summed E-state index contributed by atoms with van der Waals surface area (Å²) in [6.45, 7) is 3.43. The SMILES string of the molecule is CCOc1ccc(-c2cnc(Nc3cccc(S(C)(=N)=O)c3)nc2NCCc2ccc3c(c2)OCO3)cc1. The van der Waals surface area contributed by atoms with Gasteiger partial charge < -0.3 is 24.8 Å². The van der Waals surface area contributed by atoms with Crippen LogP contribution in [-0.2, 0) is 16.1 Å². The van der Waals surface area contributed by atoms with E-state index in [1.807, 2.05) is 55.5 Å². The Morgan fingerprint density at radius 3 is 2.66 bits per heavy atom. The number of anilines is 3. The summed E-state index contributed by atoms with van der Waals surface area (Å²) >= 11 is 0. The van der Waals surface area contributed by atoms with E-state index in [0.717, 1.165) is 40.4 Å². The molecule has 10 heteroatoms. The van der Waals surface area contributed by atoms with E-state index in [2.05, 4.69) is 15.6 Å². The average molecular weight is 532 g/mol. The standard InChI is InChI=1S/C28H29N5O4S/c1-3-35-22-10-8-20(9-11-22)24-17-31-28(32-21-5-4-6-23(16-21)38(2,29)34)33-27(24)30-14-13-19-7-12-25-26(15-19)37-18-36-25/h4-12,15-17,29H,3,13-14,18H2,1-2H3,(H2,30,31,32,33). The van der Waals surface area contributed by atoms with Gasteiger partial charge in [0.25, 0.3) is 0 Å². The first-order valence-electron chi connectivity index (χ1n) is 12.2. The number of benzene rings is 3. The van der Waals surface area contributed by atoms with Crippen molar-refractivity contribution in [2.45, 2.75) is 18.2 Å². The highest BCUT2D eigenvalue weighted by molar-refractivity contribution is 7.91. The second-order valence-electron chi connectivity index (χ2n) is 8.77. The minimum atomic E-state index is -2.84. The molecule has 0 saturated heterocycles. The van der Waals surface area contributed by atoms with Crippen molar-refractivity contribution in [3.63, 3.8) is 0 Å². The minimum Gasteiger partial charge on any atom is -0.494 e. The Balaban J connectivity index is 1.39. The van der Waals surface area contributed by atoms with Crippen molar-refractivity contribution in [1.82, 2.24) is 9.97 Å². The number of aromatic nitrogens is 2. The lowest BCUT2D eigenvalue weighted by Gasteiger charge is -2.14. The molecule has 0 aliphatic carbocycles. The zero-order valence-corrected chi connectivity index (χ0v) is 22.0. The van der Waals surface area contributed by atoms with Gasteiger partial charge in [0.05, 0.1) is 16.3 Å². The summed E-state index contributed by atoms with van der Waals surface area (Å²) in [5, 5.41) is 6.64. The topological polar surface area (TPSA) is 118 Å². The first kappa shape index (κ1) is 25.3. The quantitative estimate of drug-likeness (QED) is 0.238. The van der Waals surface area contributed by atoms with E-state index in [1.165, 1.54) is 6.26 Å². The van der Waals surface area contributed by atoms with Gasteiger partial charge in [-0.1, -0.05) is 24.3 Å². The Morgan fingerprint density at radius 2 is 1.87 bits per heavy atom. The highest BCUT2D eigenvalue weighted by atomic mass is 32.2. The lowest BCUT2D eigenvalue weighted by atomic mass is 10.1. The van der Waals surface area contributed by atoms with Crippen molar-refractivity contribution in [3.05, 3.63) is 78.5 Å². The molecule has 1 unspecified atom stereocenters. The second kappa shape index (κ2) is 11.0. The van der Waals surface area contributed by atoms with Gasteiger partial charge in [-0.15, -0.1) is 0 Å². The normalized spacial score (nSPS) is 13.5. The van der Waals surface area contributed by atoms with Crippen molar-refractivity contribution in [2.75, 3.05) is 36.8 Å². The predicted molar refractivity (Wildman–Crippen MR) is 148 cm³/mol. The summed E-state index contributed by atoms with van der Waals surface area (Å²) in [6.07, 6.45) is 3.92. The Labute approximate surface area is 222 Å². The minimum absolute atomic E-state index is 0.249. The van der Waals surface area contributed by atoms with Crippen molar-refractivity contribution < 1.29 is 18.4 Å². The third kappa shape index (κ3) is 5.97. The van der Waals surface area contributed by atoms with Gasteiger partial charge in [-0.05, 0) is 66.9 Å². The maximum Gasteiger partial charge on any atom is 0.231 e. The summed E-state index contributed by atoms with van der Waals surface area (Å²) < 4.78 is 36.5. The van der Waals surface area contributed by atoms with Crippen LogP contribution >= 0.6 is 0 Å². The van der Waals surface area contributed by atoms with Crippen LogP contribution in [0.2, 0.25) is 0 Å². The van der Waals surface area contributed by atoms with Crippen LogP contribution in [0.15, 0.2) is 77.8 Å². The molecule has 0 fully saturated rings. The predicted octanol–water partition coefficient (Wildman–Crippen LogP) is 5.70. The Morgan fingerprint density at radius 1 is 1.05 bits per heavy atom. The summed E-state index contributed by atoms with van der Waals surface area (Å²) in [4.78, 5) is 9.72. The Hall–Kier alpha value is -4.31. The van der Waals surface area contributed by atoms with Gasteiger partial charge in [0.1, 0.15) is 11.6 Å². The molecular formula is C28H29N5O4S. The smallest absolute Gasteiger partial charge is 0.231 e. The molecule has 0 amide bonds. The molecule has 3 aromatic carbocycles. The third-order valence-corrected chi connectivity index (χ3v) is 7.10. The maximum absolute atomic E-state index is 12.2. The molecule has 196 valence electrons. The van der Waals surface area contributed by atoms with Gasteiger partial charge >= 0.3 is 0 Å². The van der Waals surface area contributed by atoms with Crippen molar-refractivity contribution >= 4 is 27.2 Å². The molecule has 5 rings (SSSR count). The summed E-state index contributed by atoms with van der Waals surface area (Å²) in [7, 11) is -2.84. The molecule has 1 aliphatic rings. The molecule has 2 heterocycles. The lowest BCUT2D eigenvalue weighted by Crippen LogP contribution is -2.09. The van der Waals surface area contributed by atoms with Crippen LogP contribution < -0.4 is 24.8 Å². The zero-order chi connectivity index (χ0) is 26.5. The molecule has 3 N–H and O–H groups in total. The van der Waals surface area contributed by atoms with Crippen LogP contribution in [0.4, 0.5) is 17.5 Å². The fourth-order valence-electron chi connectivity index (χ4n) is 4.05. The third-order valence-electron chi connectivity index (χ3n) is 5.95. The van der Waals surface area contributed by atoms with Crippen LogP contribution in [0.5, 0.6) is 17.2 Å². The average Bonchev–Trinajstić information content (AvgIpc) is 3.37. The van der Waals surface area contributed by atoms with Gasteiger partial charge in [-0.2, -0.15) is 4.98 Å². The van der Waals surface area contributed by atoms with E-state index in [1.54, 1.807) is 24.4 Å². The van der Waals surface area contributed by atoms with Crippen molar-refractivity contribution in [1.29, 1.82) is 4.78 Å². The largest absolute Gasteiger partial charge is 0.494 e. The van der Waals surface area contributed by atoms with E-state index in [4.69, 9.17) is 24.0 Å². The van der Waals surface area contributed by atoms with Gasteiger partial charge in [0.2, 0.25) is 12.7 Å². The molecule has 0 radical (unpaired) electrons. The first-order chi connectivity index (χ1) is 18.4. The van der Waals surface area contributed by atoms with Crippen molar-refractivity contribution in [3.8, 4) is 28.4 Å². The van der Waals surface area contributed by atoms with Gasteiger partial charge in [0, 0.05) is 35.1 Å². The summed E-state index contributed by atoms with van der Waals surface area (Å²) in [6, 6.07) is 20.7. The van der Waals surface area contributed by atoms with Gasteiger partial charge in [-0.25, -0.2) is 14.0 Å². The second-order valence-corrected chi connectivity index (χ2v) is 10.9. The maximum atomic E-state index is 12.2. The Bertz CT molecular complexity index is 1540. The number of ether oxygens (including phenoxy) is 3. The highest BCUT2D eigenvalue weighted by Gasteiger charge is 2.14. The van der Waals surface area contributed by atoms with Gasteiger partial charge in [-0.3, -0.25) is 0 Å². The molecule has 0 bridgehead atoms. The molecule has 9 nitrogen and oxygen atoms in total. The van der Waals surface area contributed by atoms with Crippen molar-refractivity contribution in [2.24, 2.45) is 0 Å². The molecule has 1 atom stereocenters. The monoisotopic (exact) mass is 531 g/mol. The zero-order valence-electron chi connectivity index (χ0n) is 21.2. The summed E-state index contributed by atoms with van der Waals surface area (Å²) in [5.74, 6) is 3.38. The van der Waals surface area contributed by atoms with Crippen LogP contribution in [0.1, 0.15) is 12.5 Å². The molecule has 38 heavy (non-hydrogen) atoms. The number of fused-ring (bicyclic) bond motifs is 1. The van der Waals surface area contributed by atoms with Crippen LogP contribution in [-0.4, -0.2) is 40.4 Å². The van der Waals surface area contributed by atoms with E-state index >= 15 is 0 Å². The highest BCUT2D eigenvalue weighted by Crippen LogP contribution is 2.33. The Kier molecular flexibility index (Phi) is 7.32. The molecule has 0 spiro atoms. The first-order valence-corrected chi connectivity index (χ1v) is 14.2. The van der Waals surface area contributed by atoms with Crippen LogP contribution in [0.3, 0.4) is 0 Å². The fourth-order valence-corrected chi connectivity index (χ4v) is 4.74. The number of hydrogen-bond acceptors (Lipinski definition) is 9. The van der Waals surface area contributed by atoms with E-state index in [-0.39, 0.29) is 6.79 Å². The van der Waals surface area contributed by atoms with Gasteiger partial charge in [0.15, 0.2) is 11.5 Å². The molecule has 0 saturated carbocycles. The molecular weight excluding hydrogens is 502 g/mol. The van der Waals surface area contributed by atoms with E-state index in [9.17, 15) is 4.21 Å². The number of rotatable bonds is 10. The number of nitrogens with one attached hydrogen (secondary N) is 3. The number of nitrogens with zero attached hydrogens (tertiary/aromatic N) is 2. The van der Waals surface area contributed by atoms with E-state index in [0.29, 0.717) is 35.5 Å². The summed E-state index contributed by atoms with van der Waals surface area (Å²) in [5.41, 5.74) is 3.57. The van der Waals surface area contributed by atoms with Crippen LogP contribution in [0, 0.1) is 4.78 Å². The molecule has 1 aliphatic heterocycles. The molecule has 1 aromatic heterocycles. The fraction of sp³-hybridized carbons (Fsp3) is 0.214.